The van der Waals surface area contributed by atoms with Gasteiger partial charge in [0.15, 0.2) is 18.3 Å². The summed E-state index contributed by atoms with van der Waals surface area (Å²) in [5.74, 6) is -7.32. The van der Waals surface area contributed by atoms with E-state index < -0.39 is 59.0 Å². The summed E-state index contributed by atoms with van der Waals surface area (Å²) < 4.78 is 20.4. The second kappa shape index (κ2) is 9.06. The van der Waals surface area contributed by atoms with Crippen molar-refractivity contribution in [1.29, 1.82) is 0 Å². The molecule has 31 heavy (non-hydrogen) atoms. The number of hydrogen-bond donors (Lipinski definition) is 2. The highest BCUT2D eigenvalue weighted by molar-refractivity contribution is 5.75. The number of carboxylic acids is 1. The predicted octanol–water partition coefficient (Wildman–Crippen LogP) is 0.0184. The minimum atomic E-state index is -2.74. The average Bonchev–Trinajstić information content (AvgIpc) is 2.65. The number of benzene rings is 1. The Morgan fingerprint density at radius 2 is 1.45 bits per heavy atom. The van der Waals surface area contributed by atoms with Gasteiger partial charge in [-0.1, -0.05) is 0 Å². The van der Waals surface area contributed by atoms with Gasteiger partial charge in [0, 0.05) is 38.5 Å². The van der Waals surface area contributed by atoms with Gasteiger partial charge in [-0.15, -0.1) is 0 Å². The van der Waals surface area contributed by atoms with Gasteiger partial charge in [0.05, 0.1) is 4.92 Å². The van der Waals surface area contributed by atoms with E-state index in [9.17, 15) is 39.5 Å². The summed E-state index contributed by atoms with van der Waals surface area (Å²) in [5, 5.41) is 31.7. The zero-order chi connectivity index (χ0) is 23.5. The van der Waals surface area contributed by atoms with Crippen molar-refractivity contribution in [3.8, 4) is 0 Å². The third-order valence-corrected chi connectivity index (χ3v) is 4.25. The SMILES string of the molecule is CC(=O)O[C@H]1[C@H](OC(C)=O)[C@@H](OC(C)=O)[C@@](O)(c2ccc([N+](=O)[O-])cc2)O[C@@H]1C(=O)O. The molecule has 1 fully saturated rings. The van der Waals surface area contributed by atoms with Gasteiger partial charge in [-0.05, 0) is 12.1 Å². The highest BCUT2D eigenvalue weighted by atomic mass is 16.7. The Hall–Kier alpha value is -3.58. The summed E-state index contributed by atoms with van der Waals surface area (Å²) >= 11 is 0. The van der Waals surface area contributed by atoms with E-state index in [1.807, 2.05) is 0 Å². The molecular formula is C18H19NO12. The zero-order valence-corrected chi connectivity index (χ0v) is 16.5. The first-order valence-corrected chi connectivity index (χ1v) is 8.76. The van der Waals surface area contributed by atoms with E-state index in [1.54, 1.807) is 0 Å². The molecule has 2 rings (SSSR count). The standard InChI is InChI=1S/C18H19NO12/c1-8(20)28-13-14(29-9(2)21)16(30-10(3)22)18(25,31-15(13)17(23)24)11-4-6-12(7-5-11)19(26)27/h4-7,13-16,25H,1-3H3,(H,23,24)/t13-,14-,15-,16+,18+/m0/s1. The number of hydrogen-bond acceptors (Lipinski definition) is 11. The van der Waals surface area contributed by atoms with Crippen LogP contribution < -0.4 is 0 Å². The molecule has 0 spiro atoms. The van der Waals surface area contributed by atoms with Crippen molar-refractivity contribution in [2.45, 2.75) is 51.0 Å². The molecule has 13 nitrogen and oxygen atoms in total. The van der Waals surface area contributed by atoms with Gasteiger partial charge >= 0.3 is 23.9 Å². The highest BCUT2D eigenvalue weighted by Gasteiger charge is 2.62. The summed E-state index contributed by atoms with van der Waals surface area (Å²) in [6, 6.07) is 4.08. The molecule has 0 saturated carbocycles. The highest BCUT2D eigenvalue weighted by Crippen LogP contribution is 2.41. The van der Waals surface area contributed by atoms with Crippen LogP contribution in [0.1, 0.15) is 26.3 Å². The molecule has 0 radical (unpaired) electrons. The summed E-state index contributed by atoms with van der Waals surface area (Å²) in [6.07, 6.45) is -7.53. The Morgan fingerprint density at radius 3 is 1.87 bits per heavy atom. The Labute approximate surface area is 174 Å². The van der Waals surface area contributed by atoms with Crippen molar-refractivity contribution in [3.63, 3.8) is 0 Å². The van der Waals surface area contributed by atoms with Crippen LogP contribution in [0.5, 0.6) is 0 Å². The molecule has 0 amide bonds. The summed E-state index contributed by atoms with van der Waals surface area (Å²) in [7, 11) is 0. The lowest BCUT2D eigenvalue weighted by Crippen LogP contribution is -2.67. The van der Waals surface area contributed by atoms with Crippen LogP contribution >= 0.6 is 0 Å². The minimum Gasteiger partial charge on any atom is -0.479 e. The Bertz CT molecular complexity index is 897. The van der Waals surface area contributed by atoms with Gasteiger partial charge < -0.3 is 29.2 Å². The first-order chi connectivity index (χ1) is 14.4. The number of non-ortho nitro benzene ring substituents is 1. The van der Waals surface area contributed by atoms with Crippen LogP contribution in [0.15, 0.2) is 24.3 Å². The van der Waals surface area contributed by atoms with Crippen molar-refractivity contribution in [3.05, 3.63) is 39.9 Å². The number of carbonyl (C=O) groups excluding carboxylic acids is 3. The van der Waals surface area contributed by atoms with Gasteiger partial charge in [0.1, 0.15) is 0 Å². The number of carbonyl (C=O) groups is 4. The lowest BCUT2D eigenvalue weighted by molar-refractivity contribution is -0.385. The first kappa shape index (κ1) is 23.7. The molecule has 2 N–H and O–H groups in total. The topological polar surface area (TPSA) is 189 Å². The molecule has 13 heteroatoms. The van der Waals surface area contributed by atoms with Crippen LogP contribution in [-0.4, -0.2) is 63.4 Å². The summed E-state index contributed by atoms with van der Waals surface area (Å²) in [4.78, 5) is 56.9. The van der Waals surface area contributed by atoms with Crippen LogP contribution in [0.2, 0.25) is 0 Å². The molecule has 0 bridgehead atoms. The van der Waals surface area contributed by atoms with Crippen molar-refractivity contribution < 1.29 is 53.3 Å². The van der Waals surface area contributed by atoms with Gasteiger partial charge in [0.2, 0.25) is 11.9 Å². The van der Waals surface area contributed by atoms with E-state index in [0.717, 1.165) is 45.0 Å². The van der Waals surface area contributed by atoms with Crippen LogP contribution in [0.3, 0.4) is 0 Å². The molecule has 0 unspecified atom stereocenters. The smallest absolute Gasteiger partial charge is 0.337 e. The van der Waals surface area contributed by atoms with Crippen molar-refractivity contribution in [1.82, 2.24) is 0 Å². The normalized spacial score (nSPS) is 27.6. The summed E-state index contributed by atoms with van der Waals surface area (Å²) in [5.41, 5.74) is -0.592. The number of ether oxygens (including phenoxy) is 4. The maximum Gasteiger partial charge on any atom is 0.337 e. The van der Waals surface area contributed by atoms with Gasteiger partial charge in [-0.25, -0.2) is 4.79 Å². The molecule has 1 aromatic rings. The number of aliphatic carboxylic acids is 1. The average molecular weight is 441 g/mol. The van der Waals surface area contributed by atoms with Crippen molar-refractivity contribution in [2.75, 3.05) is 0 Å². The third kappa shape index (κ3) is 5.13. The van der Waals surface area contributed by atoms with E-state index in [0.29, 0.717) is 0 Å². The maximum atomic E-state index is 11.8. The molecule has 168 valence electrons. The van der Waals surface area contributed by atoms with Gasteiger partial charge in [0.25, 0.3) is 5.69 Å². The number of nitro groups is 1. The molecule has 1 aromatic carbocycles. The van der Waals surface area contributed by atoms with Crippen molar-refractivity contribution in [2.24, 2.45) is 0 Å². The second-order valence-electron chi connectivity index (χ2n) is 6.56. The molecular weight excluding hydrogens is 422 g/mol. The largest absolute Gasteiger partial charge is 0.479 e. The van der Waals surface area contributed by atoms with Crippen LogP contribution in [0.4, 0.5) is 5.69 Å². The third-order valence-electron chi connectivity index (χ3n) is 4.25. The van der Waals surface area contributed by atoms with E-state index >= 15 is 0 Å². The van der Waals surface area contributed by atoms with Crippen LogP contribution in [0, 0.1) is 10.1 Å². The van der Waals surface area contributed by atoms with E-state index in [4.69, 9.17) is 18.9 Å². The zero-order valence-electron chi connectivity index (χ0n) is 16.5. The molecule has 0 aliphatic carbocycles. The maximum absolute atomic E-state index is 11.8. The van der Waals surface area contributed by atoms with Crippen molar-refractivity contribution >= 4 is 29.6 Å². The lowest BCUT2D eigenvalue weighted by Gasteiger charge is -2.47. The fourth-order valence-electron chi connectivity index (χ4n) is 3.11. The number of esters is 3. The number of rotatable bonds is 6. The van der Waals surface area contributed by atoms with Crippen LogP contribution in [-0.2, 0) is 43.9 Å². The number of nitrogens with zero attached hydrogens (tertiary/aromatic N) is 1. The van der Waals surface area contributed by atoms with Gasteiger partial charge in [-0.2, -0.15) is 0 Å². The van der Waals surface area contributed by atoms with Gasteiger partial charge in [-0.3, -0.25) is 24.5 Å². The molecule has 0 aromatic heterocycles. The minimum absolute atomic E-state index is 0.242. The number of carboxylic acid groups (broad SMARTS) is 1. The fraction of sp³-hybridized carbons (Fsp3) is 0.444. The molecule has 1 saturated heterocycles. The molecule has 1 aliphatic heterocycles. The lowest BCUT2D eigenvalue weighted by atomic mass is 9.87. The monoisotopic (exact) mass is 441 g/mol. The predicted molar refractivity (Wildman–Crippen MR) is 96.2 cm³/mol. The fourth-order valence-corrected chi connectivity index (χ4v) is 3.11. The van der Waals surface area contributed by atoms with E-state index in [2.05, 4.69) is 0 Å². The quantitative estimate of drug-likeness (QED) is 0.261. The number of nitro benzene ring substituents is 1. The molecule has 5 atom stereocenters. The van der Waals surface area contributed by atoms with Crippen LogP contribution in [0.25, 0.3) is 0 Å². The molecule has 1 aliphatic rings. The van der Waals surface area contributed by atoms with E-state index in [1.165, 1.54) is 0 Å². The summed E-state index contributed by atoms with van der Waals surface area (Å²) in [6.45, 7) is 2.89. The Morgan fingerprint density at radius 1 is 0.968 bits per heavy atom. The molecule has 1 heterocycles. The Kier molecular flexibility index (Phi) is 6.92. The van der Waals surface area contributed by atoms with E-state index in [-0.39, 0.29) is 11.3 Å². The number of aliphatic hydroxyl groups is 1. The first-order valence-electron chi connectivity index (χ1n) is 8.76. The second-order valence-corrected chi connectivity index (χ2v) is 6.56. The Balaban J connectivity index is 2.67.